The van der Waals surface area contributed by atoms with Gasteiger partial charge >= 0.3 is 0 Å². The third-order valence-electron chi connectivity index (χ3n) is 3.81. The zero-order valence-corrected chi connectivity index (χ0v) is 14.8. The molecule has 5 heteroatoms. The number of nitrogens with zero attached hydrogens (tertiary/aromatic N) is 1. The lowest BCUT2D eigenvalue weighted by atomic mass is 10.1. The molecule has 25 heavy (non-hydrogen) atoms. The summed E-state index contributed by atoms with van der Waals surface area (Å²) in [6.07, 6.45) is 0.0871. The molecule has 0 saturated heterocycles. The van der Waals surface area contributed by atoms with Crippen molar-refractivity contribution >= 4 is 5.96 Å². The van der Waals surface area contributed by atoms with E-state index >= 15 is 0 Å². The smallest absolute Gasteiger partial charge is 0.191 e. The van der Waals surface area contributed by atoms with Crippen molar-refractivity contribution in [3.8, 4) is 0 Å². The van der Waals surface area contributed by atoms with E-state index in [9.17, 15) is 9.50 Å². The Hall–Kier alpha value is -2.40. The molecule has 0 spiro atoms. The highest BCUT2D eigenvalue weighted by Crippen LogP contribution is 2.10. The van der Waals surface area contributed by atoms with Gasteiger partial charge in [-0.2, -0.15) is 0 Å². The minimum Gasteiger partial charge on any atom is -0.391 e. The summed E-state index contributed by atoms with van der Waals surface area (Å²) in [7, 11) is 0. The number of aliphatic hydroxyl groups excluding tert-OH is 1. The van der Waals surface area contributed by atoms with Crippen LogP contribution in [0.2, 0.25) is 0 Å². The maximum Gasteiger partial charge on any atom is 0.191 e. The molecule has 2 aromatic carbocycles. The third kappa shape index (κ3) is 6.55. The van der Waals surface area contributed by atoms with Gasteiger partial charge < -0.3 is 15.7 Å². The standard InChI is InChI=1S/C20H26FN3O/c1-3-22-20(23-13-17-9-10-19(21)15(2)11-17)24-14-18(25)12-16-7-5-4-6-8-16/h4-11,18,25H,3,12-14H2,1-2H3,(H2,22,23,24). The SMILES string of the molecule is CCNC(=NCc1ccc(F)c(C)c1)NCC(O)Cc1ccccc1. The lowest BCUT2D eigenvalue weighted by molar-refractivity contribution is 0.177. The van der Waals surface area contributed by atoms with Gasteiger partial charge in [0.2, 0.25) is 0 Å². The molecular formula is C20H26FN3O. The van der Waals surface area contributed by atoms with Crippen LogP contribution >= 0.6 is 0 Å². The van der Waals surface area contributed by atoms with Crippen LogP contribution in [-0.2, 0) is 13.0 Å². The van der Waals surface area contributed by atoms with Crippen LogP contribution in [0.4, 0.5) is 4.39 Å². The minimum atomic E-state index is -0.501. The van der Waals surface area contributed by atoms with Gasteiger partial charge in [0, 0.05) is 19.5 Å². The van der Waals surface area contributed by atoms with E-state index < -0.39 is 6.10 Å². The summed E-state index contributed by atoms with van der Waals surface area (Å²) in [5.41, 5.74) is 2.66. The highest BCUT2D eigenvalue weighted by molar-refractivity contribution is 5.79. The number of aliphatic hydroxyl groups is 1. The zero-order chi connectivity index (χ0) is 18.1. The summed E-state index contributed by atoms with van der Waals surface area (Å²) in [6, 6.07) is 14.9. The molecule has 1 atom stereocenters. The summed E-state index contributed by atoms with van der Waals surface area (Å²) in [5.74, 6) is 0.429. The van der Waals surface area contributed by atoms with Crippen molar-refractivity contribution in [2.24, 2.45) is 4.99 Å². The Labute approximate surface area is 148 Å². The molecule has 0 aliphatic heterocycles. The van der Waals surface area contributed by atoms with Crippen LogP contribution in [0.15, 0.2) is 53.5 Å². The molecule has 0 bridgehead atoms. The quantitative estimate of drug-likeness (QED) is 0.535. The van der Waals surface area contributed by atoms with E-state index in [1.807, 2.05) is 37.3 Å². The summed E-state index contributed by atoms with van der Waals surface area (Å²) in [4.78, 5) is 4.49. The topological polar surface area (TPSA) is 56.7 Å². The normalized spacial score (nSPS) is 12.7. The Bertz CT molecular complexity index is 689. The Morgan fingerprint density at radius 3 is 2.56 bits per heavy atom. The number of aryl methyl sites for hydroxylation is 1. The molecule has 1 unspecified atom stereocenters. The van der Waals surface area contributed by atoms with Crippen LogP contribution < -0.4 is 10.6 Å². The predicted octanol–water partition coefficient (Wildman–Crippen LogP) is 2.79. The fraction of sp³-hybridized carbons (Fsp3) is 0.350. The average Bonchev–Trinajstić information content (AvgIpc) is 2.61. The molecule has 0 aliphatic rings. The number of halogens is 1. The summed E-state index contributed by atoms with van der Waals surface area (Å²) in [5, 5.41) is 16.5. The van der Waals surface area contributed by atoms with Crippen molar-refractivity contribution in [3.63, 3.8) is 0 Å². The van der Waals surface area contributed by atoms with Crippen LogP contribution in [0.1, 0.15) is 23.6 Å². The van der Waals surface area contributed by atoms with E-state index in [4.69, 9.17) is 0 Å². The van der Waals surface area contributed by atoms with Gasteiger partial charge in [-0.1, -0.05) is 42.5 Å². The molecule has 0 aliphatic carbocycles. The van der Waals surface area contributed by atoms with Gasteiger partial charge in [-0.15, -0.1) is 0 Å². The minimum absolute atomic E-state index is 0.207. The van der Waals surface area contributed by atoms with Gasteiger partial charge in [-0.05, 0) is 36.6 Å². The Morgan fingerprint density at radius 1 is 1.12 bits per heavy atom. The molecule has 3 N–H and O–H groups in total. The first kappa shape index (κ1) is 18.9. The Kier molecular flexibility index (Phi) is 7.41. The first-order chi connectivity index (χ1) is 12.1. The van der Waals surface area contributed by atoms with Gasteiger partial charge in [0.05, 0.1) is 12.6 Å². The van der Waals surface area contributed by atoms with Gasteiger partial charge in [0.1, 0.15) is 5.82 Å². The molecule has 0 aromatic heterocycles. The Morgan fingerprint density at radius 2 is 1.88 bits per heavy atom. The summed E-state index contributed by atoms with van der Waals surface area (Å²) < 4.78 is 13.3. The molecule has 2 rings (SSSR count). The van der Waals surface area contributed by atoms with E-state index in [0.29, 0.717) is 31.0 Å². The molecule has 0 saturated carbocycles. The molecule has 0 amide bonds. The second-order valence-corrected chi connectivity index (χ2v) is 6.00. The van der Waals surface area contributed by atoms with Crippen molar-refractivity contribution in [3.05, 3.63) is 71.0 Å². The van der Waals surface area contributed by atoms with Crippen LogP contribution in [-0.4, -0.2) is 30.3 Å². The van der Waals surface area contributed by atoms with Gasteiger partial charge in [-0.3, -0.25) is 0 Å². The molecule has 0 fully saturated rings. The first-order valence-electron chi connectivity index (χ1n) is 8.57. The fourth-order valence-corrected chi connectivity index (χ4v) is 2.49. The monoisotopic (exact) mass is 343 g/mol. The first-order valence-corrected chi connectivity index (χ1v) is 8.57. The molecule has 134 valence electrons. The second-order valence-electron chi connectivity index (χ2n) is 6.00. The average molecular weight is 343 g/mol. The van der Waals surface area contributed by atoms with Crippen molar-refractivity contribution in [1.82, 2.24) is 10.6 Å². The lowest BCUT2D eigenvalue weighted by Crippen LogP contribution is -2.41. The maximum absolute atomic E-state index is 13.3. The lowest BCUT2D eigenvalue weighted by Gasteiger charge is -2.15. The van der Waals surface area contributed by atoms with Crippen LogP contribution in [0.25, 0.3) is 0 Å². The van der Waals surface area contributed by atoms with Crippen LogP contribution in [0, 0.1) is 12.7 Å². The van der Waals surface area contributed by atoms with Gasteiger partial charge in [0.15, 0.2) is 5.96 Å². The predicted molar refractivity (Wildman–Crippen MR) is 100 cm³/mol. The van der Waals surface area contributed by atoms with E-state index in [-0.39, 0.29) is 5.82 Å². The summed E-state index contributed by atoms with van der Waals surface area (Å²) in [6.45, 7) is 5.31. The van der Waals surface area contributed by atoms with E-state index in [1.165, 1.54) is 6.07 Å². The molecule has 0 heterocycles. The number of nitrogens with one attached hydrogen (secondary N) is 2. The van der Waals surface area contributed by atoms with Crippen molar-refractivity contribution in [2.45, 2.75) is 32.9 Å². The van der Waals surface area contributed by atoms with E-state index in [0.717, 1.165) is 17.7 Å². The number of hydrogen-bond acceptors (Lipinski definition) is 2. The van der Waals surface area contributed by atoms with Crippen molar-refractivity contribution in [2.75, 3.05) is 13.1 Å². The second kappa shape index (κ2) is 9.79. The van der Waals surface area contributed by atoms with Crippen molar-refractivity contribution in [1.29, 1.82) is 0 Å². The molecular weight excluding hydrogens is 317 g/mol. The van der Waals surface area contributed by atoms with E-state index in [2.05, 4.69) is 15.6 Å². The highest BCUT2D eigenvalue weighted by Gasteiger charge is 2.07. The maximum atomic E-state index is 13.3. The van der Waals surface area contributed by atoms with Crippen molar-refractivity contribution < 1.29 is 9.50 Å². The van der Waals surface area contributed by atoms with Gasteiger partial charge in [0.25, 0.3) is 0 Å². The largest absolute Gasteiger partial charge is 0.391 e. The van der Waals surface area contributed by atoms with Crippen LogP contribution in [0.3, 0.4) is 0 Å². The highest BCUT2D eigenvalue weighted by atomic mass is 19.1. The molecule has 4 nitrogen and oxygen atoms in total. The van der Waals surface area contributed by atoms with E-state index in [1.54, 1.807) is 19.1 Å². The molecule has 2 aromatic rings. The van der Waals surface area contributed by atoms with Crippen LogP contribution in [0.5, 0.6) is 0 Å². The van der Waals surface area contributed by atoms with Gasteiger partial charge in [-0.25, -0.2) is 9.38 Å². The Balaban J connectivity index is 1.89. The third-order valence-corrected chi connectivity index (χ3v) is 3.81. The molecule has 0 radical (unpaired) electrons. The fourth-order valence-electron chi connectivity index (χ4n) is 2.49. The number of benzene rings is 2. The summed E-state index contributed by atoms with van der Waals surface area (Å²) >= 11 is 0. The zero-order valence-electron chi connectivity index (χ0n) is 14.8. The number of guanidine groups is 1. The number of aliphatic imine (C=N–C) groups is 1. The number of hydrogen-bond donors (Lipinski definition) is 3. The number of rotatable bonds is 7.